The minimum absolute atomic E-state index is 0.183. The topological polar surface area (TPSA) is 70.1 Å². The van der Waals surface area contributed by atoms with Gasteiger partial charge in [0.05, 0.1) is 5.71 Å². The molecule has 1 unspecified atom stereocenters. The first kappa shape index (κ1) is 18.4. The molecule has 2 aromatic rings. The van der Waals surface area contributed by atoms with Gasteiger partial charge in [0.1, 0.15) is 0 Å². The Morgan fingerprint density at radius 3 is 2.79 bits per heavy atom. The van der Waals surface area contributed by atoms with Crippen LogP contribution < -0.4 is 10.2 Å². The fraction of sp³-hybridized carbons (Fsp3) is 0.381. The number of piperazine rings is 1. The van der Waals surface area contributed by atoms with Crippen molar-refractivity contribution in [3.05, 3.63) is 53.9 Å². The van der Waals surface area contributed by atoms with E-state index in [4.69, 9.17) is 4.84 Å². The molecular weight excluding hydrogens is 354 g/mol. The van der Waals surface area contributed by atoms with Crippen LogP contribution >= 0.6 is 0 Å². The molecule has 4 rings (SSSR count). The van der Waals surface area contributed by atoms with Crippen LogP contribution in [0.1, 0.15) is 17.5 Å². The fourth-order valence-electron chi connectivity index (χ4n) is 3.53. The number of likely N-dealkylation sites (N-methyl/N-ethyl adjacent to an activating group) is 1. The summed E-state index contributed by atoms with van der Waals surface area (Å²) in [5.74, 6) is -0.183. The van der Waals surface area contributed by atoms with Crippen LogP contribution in [0.25, 0.3) is 0 Å². The van der Waals surface area contributed by atoms with Crippen molar-refractivity contribution in [2.24, 2.45) is 5.16 Å². The summed E-state index contributed by atoms with van der Waals surface area (Å²) in [5.41, 5.74) is 4.67. The molecule has 1 N–H and O–H groups in total. The fourth-order valence-corrected chi connectivity index (χ4v) is 3.53. The number of hydrogen-bond donors (Lipinski definition) is 1. The van der Waals surface area contributed by atoms with E-state index in [-0.39, 0.29) is 5.91 Å². The Hall–Kier alpha value is -2.93. The molecule has 3 heterocycles. The van der Waals surface area contributed by atoms with Crippen LogP contribution in [0, 0.1) is 6.92 Å². The molecular formula is C21H25N5O2. The molecule has 1 atom stereocenters. The summed E-state index contributed by atoms with van der Waals surface area (Å²) in [4.78, 5) is 26.8. The number of nitrogens with zero attached hydrogens (tertiary/aromatic N) is 4. The minimum Gasteiger partial charge on any atom is -0.382 e. The van der Waals surface area contributed by atoms with Crippen LogP contribution in [0.3, 0.4) is 0 Å². The van der Waals surface area contributed by atoms with Crippen LogP contribution in [-0.2, 0) is 9.63 Å². The zero-order valence-electron chi connectivity index (χ0n) is 16.3. The van der Waals surface area contributed by atoms with Gasteiger partial charge in [-0.1, -0.05) is 5.16 Å². The van der Waals surface area contributed by atoms with Gasteiger partial charge in [-0.05, 0) is 49.9 Å². The van der Waals surface area contributed by atoms with E-state index < -0.39 is 6.10 Å². The maximum atomic E-state index is 12.7. The van der Waals surface area contributed by atoms with Crippen molar-refractivity contribution in [2.75, 3.05) is 43.4 Å². The predicted octanol–water partition coefficient (Wildman–Crippen LogP) is 2.27. The van der Waals surface area contributed by atoms with Crippen molar-refractivity contribution in [3.8, 4) is 0 Å². The van der Waals surface area contributed by atoms with E-state index in [1.54, 1.807) is 12.4 Å². The summed E-state index contributed by atoms with van der Waals surface area (Å²) in [6.07, 6.45) is 3.25. The second kappa shape index (κ2) is 7.98. The lowest BCUT2D eigenvalue weighted by molar-refractivity contribution is -0.125. The maximum absolute atomic E-state index is 12.7. The quantitative estimate of drug-likeness (QED) is 0.883. The first-order chi connectivity index (χ1) is 13.6. The first-order valence-electron chi connectivity index (χ1n) is 9.57. The van der Waals surface area contributed by atoms with Gasteiger partial charge in [0, 0.05) is 61.9 Å². The summed E-state index contributed by atoms with van der Waals surface area (Å²) in [6, 6.07) is 9.94. The lowest BCUT2D eigenvalue weighted by Crippen LogP contribution is -2.44. The summed E-state index contributed by atoms with van der Waals surface area (Å²) in [6.45, 7) is 6.10. The molecule has 1 aromatic carbocycles. The molecule has 0 saturated carbocycles. The lowest BCUT2D eigenvalue weighted by Gasteiger charge is -2.34. The number of oxime groups is 1. The normalized spacial score (nSPS) is 19.9. The van der Waals surface area contributed by atoms with E-state index in [0.29, 0.717) is 6.42 Å². The Labute approximate surface area is 165 Å². The molecule has 1 aromatic heterocycles. The molecule has 0 spiro atoms. The number of benzene rings is 1. The van der Waals surface area contributed by atoms with Gasteiger partial charge in [0.15, 0.2) is 0 Å². The number of nitrogens with one attached hydrogen (secondary N) is 1. The van der Waals surface area contributed by atoms with Crippen molar-refractivity contribution in [1.82, 2.24) is 9.88 Å². The summed E-state index contributed by atoms with van der Waals surface area (Å²) >= 11 is 0. The number of pyridine rings is 1. The third-order valence-corrected chi connectivity index (χ3v) is 5.15. The lowest BCUT2D eigenvalue weighted by atomic mass is 10.1. The van der Waals surface area contributed by atoms with Gasteiger partial charge in [0.25, 0.3) is 5.91 Å². The van der Waals surface area contributed by atoms with Crippen molar-refractivity contribution in [2.45, 2.75) is 19.4 Å². The van der Waals surface area contributed by atoms with E-state index in [1.807, 2.05) is 31.2 Å². The Kier molecular flexibility index (Phi) is 5.25. The number of carbonyl (C=O) groups excluding carboxylic acids is 1. The molecule has 0 radical (unpaired) electrons. The highest BCUT2D eigenvalue weighted by Crippen LogP contribution is 2.24. The molecule has 2 aliphatic heterocycles. The highest BCUT2D eigenvalue weighted by molar-refractivity contribution is 6.06. The SMILES string of the molecule is Cc1cc(NC(=O)C2CC(c3cccnc3)=NO2)cc(N2CCN(C)CC2)c1. The zero-order valence-corrected chi connectivity index (χ0v) is 16.3. The highest BCUT2D eigenvalue weighted by atomic mass is 16.6. The van der Waals surface area contributed by atoms with Gasteiger partial charge in [-0.15, -0.1) is 0 Å². The standard InChI is InChI=1S/C21H25N5O2/c1-15-10-17(12-18(11-15)26-8-6-25(2)7-9-26)23-21(27)20-13-19(24-28-20)16-4-3-5-22-14-16/h3-5,10-12,14,20H,6-9,13H2,1-2H3,(H,23,27). The predicted molar refractivity (Wildman–Crippen MR) is 110 cm³/mol. The zero-order chi connectivity index (χ0) is 19.5. The Bertz CT molecular complexity index is 876. The van der Waals surface area contributed by atoms with Gasteiger partial charge in [-0.3, -0.25) is 9.78 Å². The molecule has 1 saturated heterocycles. The molecule has 0 bridgehead atoms. The van der Waals surface area contributed by atoms with Gasteiger partial charge < -0.3 is 20.0 Å². The van der Waals surface area contributed by atoms with Crippen LogP contribution in [0.2, 0.25) is 0 Å². The van der Waals surface area contributed by atoms with E-state index in [1.165, 1.54) is 0 Å². The number of aromatic nitrogens is 1. The van der Waals surface area contributed by atoms with Gasteiger partial charge in [-0.2, -0.15) is 0 Å². The summed E-state index contributed by atoms with van der Waals surface area (Å²) < 4.78 is 0. The molecule has 2 aliphatic rings. The third kappa shape index (κ3) is 4.14. The van der Waals surface area contributed by atoms with Crippen molar-refractivity contribution in [3.63, 3.8) is 0 Å². The molecule has 7 heteroatoms. The Balaban J connectivity index is 1.41. The number of amides is 1. The third-order valence-electron chi connectivity index (χ3n) is 5.15. The average molecular weight is 379 g/mol. The molecule has 146 valence electrons. The molecule has 0 aliphatic carbocycles. The second-order valence-electron chi connectivity index (χ2n) is 7.41. The number of carbonyl (C=O) groups is 1. The molecule has 1 amide bonds. The van der Waals surface area contributed by atoms with Crippen LogP contribution in [0.5, 0.6) is 0 Å². The molecule has 1 fully saturated rings. The van der Waals surface area contributed by atoms with Crippen molar-refractivity contribution >= 4 is 23.0 Å². The van der Waals surface area contributed by atoms with Crippen LogP contribution in [-0.4, -0.2) is 60.8 Å². The Morgan fingerprint density at radius 1 is 1.21 bits per heavy atom. The smallest absolute Gasteiger partial charge is 0.268 e. The van der Waals surface area contributed by atoms with E-state index in [9.17, 15) is 4.79 Å². The van der Waals surface area contributed by atoms with E-state index >= 15 is 0 Å². The minimum atomic E-state index is -0.622. The number of hydrogen-bond acceptors (Lipinski definition) is 6. The Morgan fingerprint density at radius 2 is 2.04 bits per heavy atom. The molecule has 28 heavy (non-hydrogen) atoms. The van der Waals surface area contributed by atoms with Crippen molar-refractivity contribution < 1.29 is 9.63 Å². The van der Waals surface area contributed by atoms with E-state index in [2.05, 4.69) is 38.4 Å². The number of rotatable bonds is 4. The summed E-state index contributed by atoms with van der Waals surface area (Å²) in [5, 5.41) is 7.06. The summed E-state index contributed by atoms with van der Waals surface area (Å²) in [7, 11) is 2.14. The van der Waals surface area contributed by atoms with Gasteiger partial charge in [-0.25, -0.2) is 0 Å². The van der Waals surface area contributed by atoms with Gasteiger partial charge in [0.2, 0.25) is 6.10 Å². The highest BCUT2D eigenvalue weighted by Gasteiger charge is 2.29. The largest absolute Gasteiger partial charge is 0.382 e. The second-order valence-corrected chi connectivity index (χ2v) is 7.41. The van der Waals surface area contributed by atoms with Crippen LogP contribution in [0.15, 0.2) is 47.9 Å². The van der Waals surface area contributed by atoms with Crippen LogP contribution in [0.4, 0.5) is 11.4 Å². The number of anilines is 2. The monoisotopic (exact) mass is 379 g/mol. The molecule has 7 nitrogen and oxygen atoms in total. The average Bonchev–Trinajstić information content (AvgIpc) is 3.19. The van der Waals surface area contributed by atoms with Gasteiger partial charge >= 0.3 is 0 Å². The maximum Gasteiger partial charge on any atom is 0.268 e. The van der Waals surface area contributed by atoms with E-state index in [0.717, 1.165) is 54.4 Å². The van der Waals surface area contributed by atoms with Crippen molar-refractivity contribution in [1.29, 1.82) is 0 Å². The number of aryl methyl sites for hydroxylation is 1. The first-order valence-corrected chi connectivity index (χ1v) is 9.57.